The summed E-state index contributed by atoms with van der Waals surface area (Å²) in [5, 5.41) is 4.81. The summed E-state index contributed by atoms with van der Waals surface area (Å²) in [6.07, 6.45) is 0. The summed E-state index contributed by atoms with van der Waals surface area (Å²) in [6, 6.07) is 10.4. The fraction of sp³-hybridized carbons (Fsp3) is 0.368. The average molecular weight is 293 g/mol. The summed E-state index contributed by atoms with van der Waals surface area (Å²) >= 11 is 0. The van der Waals surface area contributed by atoms with Gasteiger partial charge in [-0.25, -0.2) is 9.50 Å². The van der Waals surface area contributed by atoms with Crippen molar-refractivity contribution in [2.75, 3.05) is 0 Å². The molecule has 3 rings (SSSR count). The van der Waals surface area contributed by atoms with Crippen molar-refractivity contribution in [2.45, 2.75) is 47.0 Å². The zero-order valence-corrected chi connectivity index (χ0v) is 14.2. The van der Waals surface area contributed by atoms with Crippen molar-refractivity contribution in [3.05, 3.63) is 53.0 Å². The van der Waals surface area contributed by atoms with Crippen LogP contribution in [0.4, 0.5) is 0 Å². The molecule has 2 heterocycles. The van der Waals surface area contributed by atoms with Crippen LogP contribution >= 0.6 is 0 Å². The van der Waals surface area contributed by atoms with Crippen molar-refractivity contribution in [1.29, 1.82) is 0 Å². The molecule has 0 bridgehead atoms. The van der Waals surface area contributed by atoms with Crippen molar-refractivity contribution >= 4 is 5.65 Å². The van der Waals surface area contributed by atoms with E-state index in [1.165, 1.54) is 16.8 Å². The molecule has 0 aliphatic heterocycles. The Morgan fingerprint density at radius 1 is 0.909 bits per heavy atom. The van der Waals surface area contributed by atoms with Crippen LogP contribution in [0, 0.1) is 20.8 Å². The summed E-state index contributed by atoms with van der Waals surface area (Å²) in [6.45, 7) is 13.0. The highest BCUT2D eigenvalue weighted by Gasteiger charge is 2.25. The predicted molar refractivity (Wildman–Crippen MR) is 91.3 cm³/mol. The van der Waals surface area contributed by atoms with Gasteiger partial charge in [-0.05, 0) is 31.9 Å². The molecule has 0 atom stereocenters. The highest BCUT2D eigenvalue weighted by molar-refractivity contribution is 5.80. The number of hydrogen-bond acceptors (Lipinski definition) is 2. The summed E-state index contributed by atoms with van der Waals surface area (Å²) in [5.41, 5.74) is 7.84. The molecule has 3 aromatic rings. The molecular formula is C19H23N3. The number of fused-ring (bicyclic) bond motifs is 1. The van der Waals surface area contributed by atoms with Crippen LogP contribution in [0.15, 0.2) is 30.3 Å². The van der Waals surface area contributed by atoms with Crippen molar-refractivity contribution in [3.8, 4) is 11.1 Å². The first kappa shape index (κ1) is 14.8. The Hall–Kier alpha value is -2.16. The molecule has 0 aliphatic rings. The summed E-state index contributed by atoms with van der Waals surface area (Å²) in [5.74, 6) is 0. The zero-order chi connectivity index (χ0) is 16.1. The third-order valence-electron chi connectivity index (χ3n) is 4.19. The van der Waals surface area contributed by atoms with E-state index in [4.69, 9.17) is 10.1 Å². The molecule has 0 fully saturated rings. The molecule has 0 radical (unpaired) electrons. The van der Waals surface area contributed by atoms with Gasteiger partial charge in [0.2, 0.25) is 0 Å². The van der Waals surface area contributed by atoms with Crippen LogP contribution in [0.1, 0.15) is 43.4 Å². The van der Waals surface area contributed by atoms with E-state index in [9.17, 15) is 0 Å². The minimum atomic E-state index is 0.0163. The standard InChI is InChI=1S/C19H23N3/c1-12-13(2)20-18-16(15-10-8-7-9-11-15)14(3)21-22(18)17(12)19(4,5)6/h7-11H,1-6H3. The SMILES string of the molecule is Cc1nc2c(-c3ccccc3)c(C)nn2c(C(C)(C)C)c1C. The lowest BCUT2D eigenvalue weighted by Crippen LogP contribution is -2.20. The second-order valence-corrected chi connectivity index (χ2v) is 6.98. The van der Waals surface area contributed by atoms with Crippen LogP contribution in [-0.4, -0.2) is 14.6 Å². The molecule has 0 amide bonds. The van der Waals surface area contributed by atoms with Crippen LogP contribution < -0.4 is 0 Å². The highest BCUT2D eigenvalue weighted by Crippen LogP contribution is 2.33. The first-order valence-corrected chi connectivity index (χ1v) is 7.73. The fourth-order valence-corrected chi connectivity index (χ4v) is 3.17. The van der Waals surface area contributed by atoms with Crippen LogP contribution in [0.3, 0.4) is 0 Å². The molecule has 0 saturated carbocycles. The Labute approximate surface area is 132 Å². The molecule has 0 saturated heterocycles. The van der Waals surface area contributed by atoms with E-state index < -0.39 is 0 Å². The second-order valence-electron chi connectivity index (χ2n) is 6.98. The Morgan fingerprint density at radius 2 is 1.55 bits per heavy atom. The molecular weight excluding hydrogens is 270 g/mol. The molecule has 3 nitrogen and oxygen atoms in total. The third kappa shape index (κ3) is 2.21. The summed E-state index contributed by atoms with van der Waals surface area (Å²) in [4.78, 5) is 4.85. The van der Waals surface area contributed by atoms with Gasteiger partial charge in [0.25, 0.3) is 0 Å². The van der Waals surface area contributed by atoms with Crippen molar-refractivity contribution in [1.82, 2.24) is 14.6 Å². The first-order chi connectivity index (χ1) is 10.3. The normalized spacial score (nSPS) is 12.1. The molecule has 0 N–H and O–H groups in total. The van der Waals surface area contributed by atoms with Crippen molar-refractivity contribution < 1.29 is 0 Å². The minimum Gasteiger partial charge on any atom is -0.233 e. The number of aryl methyl sites for hydroxylation is 2. The van der Waals surface area contributed by atoms with Gasteiger partial charge in [-0.3, -0.25) is 0 Å². The highest BCUT2D eigenvalue weighted by atomic mass is 15.3. The smallest absolute Gasteiger partial charge is 0.163 e. The number of aromatic nitrogens is 3. The Balaban J connectivity index is 2.44. The van der Waals surface area contributed by atoms with Crippen LogP contribution in [0.5, 0.6) is 0 Å². The fourth-order valence-electron chi connectivity index (χ4n) is 3.17. The van der Waals surface area contributed by atoms with Gasteiger partial charge in [0, 0.05) is 16.7 Å². The van der Waals surface area contributed by atoms with Gasteiger partial charge in [0.05, 0.1) is 11.4 Å². The van der Waals surface area contributed by atoms with E-state index >= 15 is 0 Å². The van der Waals surface area contributed by atoms with Gasteiger partial charge in [0.1, 0.15) is 0 Å². The van der Waals surface area contributed by atoms with Gasteiger partial charge in [0.15, 0.2) is 5.65 Å². The van der Waals surface area contributed by atoms with Crippen molar-refractivity contribution in [2.24, 2.45) is 0 Å². The maximum atomic E-state index is 4.85. The van der Waals surface area contributed by atoms with Gasteiger partial charge in [-0.2, -0.15) is 5.10 Å². The quantitative estimate of drug-likeness (QED) is 0.655. The maximum Gasteiger partial charge on any atom is 0.163 e. The number of hydrogen-bond donors (Lipinski definition) is 0. The lowest BCUT2D eigenvalue weighted by atomic mass is 9.88. The molecule has 1 aromatic carbocycles. The lowest BCUT2D eigenvalue weighted by Gasteiger charge is -2.23. The first-order valence-electron chi connectivity index (χ1n) is 7.73. The van der Waals surface area contributed by atoms with Gasteiger partial charge in [-0.15, -0.1) is 0 Å². The van der Waals surface area contributed by atoms with Crippen LogP contribution in [0.25, 0.3) is 16.8 Å². The average Bonchev–Trinajstić information content (AvgIpc) is 2.74. The largest absolute Gasteiger partial charge is 0.233 e. The van der Waals surface area contributed by atoms with Crippen molar-refractivity contribution in [3.63, 3.8) is 0 Å². The number of benzene rings is 1. The number of rotatable bonds is 1. The predicted octanol–water partition coefficient (Wildman–Crippen LogP) is 4.62. The Bertz CT molecular complexity index is 837. The van der Waals surface area contributed by atoms with Gasteiger partial charge >= 0.3 is 0 Å². The van der Waals surface area contributed by atoms with Crippen LogP contribution in [-0.2, 0) is 5.41 Å². The Morgan fingerprint density at radius 3 is 2.14 bits per heavy atom. The van der Waals surface area contributed by atoms with Gasteiger partial charge in [-0.1, -0.05) is 51.1 Å². The molecule has 3 heteroatoms. The molecule has 0 aliphatic carbocycles. The van der Waals surface area contributed by atoms with E-state index in [1.54, 1.807) is 0 Å². The van der Waals surface area contributed by atoms with E-state index in [-0.39, 0.29) is 5.41 Å². The lowest BCUT2D eigenvalue weighted by molar-refractivity contribution is 0.539. The van der Waals surface area contributed by atoms with E-state index in [0.29, 0.717) is 0 Å². The molecule has 0 spiro atoms. The third-order valence-corrected chi connectivity index (χ3v) is 4.19. The van der Waals surface area contributed by atoms with Gasteiger partial charge < -0.3 is 0 Å². The maximum absolute atomic E-state index is 4.85. The number of nitrogens with zero attached hydrogens (tertiary/aromatic N) is 3. The monoisotopic (exact) mass is 293 g/mol. The molecule has 114 valence electrons. The Kier molecular flexibility index (Phi) is 3.32. The topological polar surface area (TPSA) is 30.2 Å². The van der Waals surface area contributed by atoms with Crippen LogP contribution in [0.2, 0.25) is 0 Å². The summed E-state index contributed by atoms with van der Waals surface area (Å²) in [7, 11) is 0. The molecule has 2 aromatic heterocycles. The second kappa shape index (κ2) is 4.94. The summed E-state index contributed by atoms with van der Waals surface area (Å²) < 4.78 is 2.04. The molecule has 0 unspecified atom stereocenters. The zero-order valence-electron chi connectivity index (χ0n) is 14.2. The molecule has 22 heavy (non-hydrogen) atoms. The van der Waals surface area contributed by atoms with E-state index in [0.717, 1.165) is 22.6 Å². The minimum absolute atomic E-state index is 0.0163. The van der Waals surface area contributed by atoms with E-state index in [2.05, 4.69) is 65.8 Å². The van der Waals surface area contributed by atoms with E-state index in [1.807, 2.05) is 10.6 Å².